The summed E-state index contributed by atoms with van der Waals surface area (Å²) < 4.78 is 18.2. The van der Waals surface area contributed by atoms with Gasteiger partial charge in [-0.15, -0.1) is 0 Å². The predicted octanol–water partition coefficient (Wildman–Crippen LogP) is 2.01. The smallest absolute Gasteiger partial charge is 0.255 e. The van der Waals surface area contributed by atoms with Crippen molar-refractivity contribution in [1.29, 1.82) is 0 Å². The lowest BCUT2D eigenvalue weighted by molar-refractivity contribution is 0.272. The van der Waals surface area contributed by atoms with Gasteiger partial charge in [0.05, 0.1) is 12.8 Å². The van der Waals surface area contributed by atoms with Crippen LogP contribution in [0.4, 0.5) is 10.3 Å². The van der Waals surface area contributed by atoms with Gasteiger partial charge in [0, 0.05) is 0 Å². The molecule has 0 fully saturated rings. The normalized spacial score (nSPS) is 10.7. The van der Waals surface area contributed by atoms with Crippen LogP contribution in [0.15, 0.2) is 6.20 Å². The molecule has 84 valence electrons. The van der Waals surface area contributed by atoms with Gasteiger partial charge in [-0.25, -0.2) is 4.98 Å². The molecule has 0 atom stereocenters. The summed E-state index contributed by atoms with van der Waals surface area (Å²) >= 11 is 0. The van der Waals surface area contributed by atoms with E-state index in [0.717, 1.165) is 19.0 Å². The summed E-state index contributed by atoms with van der Waals surface area (Å²) in [5.74, 6) is 0.00387. The van der Waals surface area contributed by atoms with Gasteiger partial charge >= 0.3 is 0 Å². The van der Waals surface area contributed by atoms with Crippen molar-refractivity contribution in [1.82, 2.24) is 9.97 Å². The second kappa shape index (κ2) is 5.48. The van der Waals surface area contributed by atoms with Gasteiger partial charge in [-0.2, -0.15) is 9.37 Å². The molecular formula is C10H16FN3O. The number of aromatic nitrogens is 2. The van der Waals surface area contributed by atoms with Crippen molar-refractivity contribution in [3.8, 4) is 5.88 Å². The van der Waals surface area contributed by atoms with Crippen LogP contribution in [0.1, 0.15) is 26.7 Å². The average molecular weight is 213 g/mol. The van der Waals surface area contributed by atoms with Crippen LogP contribution in [0.2, 0.25) is 0 Å². The molecule has 4 nitrogen and oxygen atoms in total. The van der Waals surface area contributed by atoms with E-state index in [1.807, 2.05) is 0 Å². The lowest BCUT2D eigenvalue weighted by Crippen LogP contribution is -2.05. The number of hydrogen-bond donors (Lipinski definition) is 1. The fourth-order valence-corrected chi connectivity index (χ4v) is 1.13. The fraction of sp³-hybridized carbons (Fsp3) is 0.600. The van der Waals surface area contributed by atoms with E-state index in [1.165, 1.54) is 0 Å². The standard InChI is InChI=1S/C10H16FN3O/c1-7(2)4-3-5-15-9-8(11)6-13-10(12)14-9/h6-7H,3-5H2,1-2H3,(H2,12,13,14). The van der Waals surface area contributed by atoms with Crippen LogP contribution in [-0.2, 0) is 0 Å². The minimum atomic E-state index is -0.575. The number of nitrogen functional groups attached to an aromatic ring is 1. The van der Waals surface area contributed by atoms with Crippen molar-refractivity contribution in [2.45, 2.75) is 26.7 Å². The van der Waals surface area contributed by atoms with Gasteiger partial charge in [-0.1, -0.05) is 13.8 Å². The highest BCUT2D eigenvalue weighted by atomic mass is 19.1. The van der Waals surface area contributed by atoms with Gasteiger partial charge in [0.15, 0.2) is 0 Å². The summed E-state index contributed by atoms with van der Waals surface area (Å²) in [5, 5.41) is 0. The van der Waals surface area contributed by atoms with Crippen LogP contribution in [-0.4, -0.2) is 16.6 Å². The Balaban J connectivity index is 2.40. The van der Waals surface area contributed by atoms with E-state index in [-0.39, 0.29) is 11.8 Å². The summed E-state index contributed by atoms with van der Waals surface area (Å²) in [6, 6.07) is 0. The van der Waals surface area contributed by atoms with E-state index >= 15 is 0 Å². The molecule has 15 heavy (non-hydrogen) atoms. The highest BCUT2D eigenvalue weighted by Crippen LogP contribution is 2.13. The minimum Gasteiger partial charge on any atom is -0.475 e. The lowest BCUT2D eigenvalue weighted by Gasteiger charge is -2.07. The third-order valence-corrected chi connectivity index (χ3v) is 1.90. The first-order chi connectivity index (χ1) is 7.09. The molecular weight excluding hydrogens is 197 g/mol. The average Bonchev–Trinajstić information content (AvgIpc) is 2.17. The molecule has 1 aromatic heterocycles. The van der Waals surface area contributed by atoms with E-state index in [9.17, 15) is 4.39 Å². The maximum atomic E-state index is 13.0. The van der Waals surface area contributed by atoms with E-state index in [2.05, 4.69) is 23.8 Å². The van der Waals surface area contributed by atoms with Crippen molar-refractivity contribution in [3.05, 3.63) is 12.0 Å². The number of nitrogens with zero attached hydrogens (tertiary/aromatic N) is 2. The van der Waals surface area contributed by atoms with Crippen molar-refractivity contribution >= 4 is 5.95 Å². The first kappa shape index (κ1) is 11.7. The maximum absolute atomic E-state index is 13.0. The Hall–Kier alpha value is -1.39. The molecule has 0 spiro atoms. The number of rotatable bonds is 5. The van der Waals surface area contributed by atoms with Crippen molar-refractivity contribution in [2.24, 2.45) is 5.92 Å². The van der Waals surface area contributed by atoms with Crippen molar-refractivity contribution < 1.29 is 9.13 Å². The van der Waals surface area contributed by atoms with Crippen LogP contribution >= 0.6 is 0 Å². The maximum Gasteiger partial charge on any atom is 0.255 e. The first-order valence-electron chi connectivity index (χ1n) is 5.00. The number of ether oxygens (including phenoxy) is 1. The number of anilines is 1. The third kappa shape index (κ3) is 4.10. The zero-order valence-electron chi connectivity index (χ0n) is 9.03. The largest absolute Gasteiger partial charge is 0.475 e. The van der Waals surface area contributed by atoms with Gasteiger partial charge in [-0.05, 0) is 18.8 Å². The summed E-state index contributed by atoms with van der Waals surface area (Å²) in [6.45, 7) is 4.71. The third-order valence-electron chi connectivity index (χ3n) is 1.90. The van der Waals surface area contributed by atoms with Gasteiger partial charge in [0.25, 0.3) is 5.88 Å². The molecule has 0 saturated carbocycles. The monoisotopic (exact) mass is 213 g/mol. The first-order valence-corrected chi connectivity index (χ1v) is 5.00. The molecule has 1 aromatic rings. The van der Waals surface area contributed by atoms with Crippen LogP contribution in [0.3, 0.4) is 0 Å². The SMILES string of the molecule is CC(C)CCCOc1nc(N)ncc1F. The molecule has 0 aliphatic heterocycles. The predicted molar refractivity (Wildman–Crippen MR) is 56.0 cm³/mol. The molecule has 0 amide bonds. The molecule has 0 aliphatic rings. The molecule has 0 saturated heterocycles. The Morgan fingerprint density at radius 3 is 2.93 bits per heavy atom. The lowest BCUT2D eigenvalue weighted by atomic mass is 10.1. The van der Waals surface area contributed by atoms with Crippen LogP contribution in [0, 0.1) is 11.7 Å². The molecule has 0 bridgehead atoms. The molecule has 1 rings (SSSR count). The molecule has 5 heteroatoms. The van der Waals surface area contributed by atoms with Crippen molar-refractivity contribution in [3.63, 3.8) is 0 Å². The van der Waals surface area contributed by atoms with Crippen molar-refractivity contribution in [2.75, 3.05) is 12.3 Å². The zero-order chi connectivity index (χ0) is 11.3. The molecule has 0 aromatic carbocycles. The van der Waals surface area contributed by atoms with E-state index in [1.54, 1.807) is 0 Å². The Bertz CT molecular complexity index is 318. The second-order valence-corrected chi connectivity index (χ2v) is 3.77. The molecule has 0 radical (unpaired) electrons. The molecule has 1 heterocycles. The topological polar surface area (TPSA) is 61.0 Å². The van der Waals surface area contributed by atoms with Crippen LogP contribution < -0.4 is 10.5 Å². The number of nitrogens with two attached hydrogens (primary N) is 1. The summed E-state index contributed by atoms with van der Waals surface area (Å²) in [4.78, 5) is 7.17. The second-order valence-electron chi connectivity index (χ2n) is 3.77. The Morgan fingerprint density at radius 2 is 2.27 bits per heavy atom. The van der Waals surface area contributed by atoms with Gasteiger partial charge in [0.1, 0.15) is 0 Å². The van der Waals surface area contributed by atoms with E-state index in [0.29, 0.717) is 12.5 Å². The highest BCUT2D eigenvalue weighted by molar-refractivity contribution is 5.22. The summed E-state index contributed by atoms with van der Waals surface area (Å²) in [6.07, 6.45) is 2.93. The molecule has 0 aliphatic carbocycles. The molecule has 2 N–H and O–H groups in total. The fourth-order valence-electron chi connectivity index (χ4n) is 1.13. The van der Waals surface area contributed by atoms with Gasteiger partial charge in [0.2, 0.25) is 11.8 Å². The summed E-state index contributed by atoms with van der Waals surface area (Å²) in [7, 11) is 0. The minimum absolute atomic E-state index is 0.0234. The van der Waals surface area contributed by atoms with Crippen LogP contribution in [0.25, 0.3) is 0 Å². The van der Waals surface area contributed by atoms with Gasteiger partial charge < -0.3 is 10.5 Å². The zero-order valence-corrected chi connectivity index (χ0v) is 9.03. The van der Waals surface area contributed by atoms with E-state index in [4.69, 9.17) is 10.5 Å². The molecule has 0 unspecified atom stereocenters. The Labute approximate surface area is 88.7 Å². The number of halogens is 1. The quantitative estimate of drug-likeness (QED) is 0.760. The number of hydrogen-bond acceptors (Lipinski definition) is 4. The highest BCUT2D eigenvalue weighted by Gasteiger charge is 2.06. The Kier molecular flexibility index (Phi) is 4.27. The summed E-state index contributed by atoms with van der Waals surface area (Å²) in [5.41, 5.74) is 5.31. The Morgan fingerprint density at radius 1 is 1.53 bits per heavy atom. The van der Waals surface area contributed by atoms with Gasteiger partial charge in [-0.3, -0.25) is 0 Å². The van der Waals surface area contributed by atoms with Crippen LogP contribution in [0.5, 0.6) is 5.88 Å². The van der Waals surface area contributed by atoms with E-state index < -0.39 is 5.82 Å².